The highest BCUT2D eigenvalue weighted by atomic mass is 19.1. The lowest BCUT2D eigenvalue weighted by atomic mass is 10.2. The Morgan fingerprint density at radius 1 is 1.54 bits per heavy atom. The van der Waals surface area contributed by atoms with E-state index in [0.29, 0.717) is 12.1 Å². The maximum Gasteiger partial charge on any atom is 0.172 e. The molecule has 0 aliphatic heterocycles. The minimum atomic E-state index is -0.352. The van der Waals surface area contributed by atoms with Crippen LogP contribution in [0.3, 0.4) is 0 Å². The summed E-state index contributed by atoms with van der Waals surface area (Å²) in [7, 11) is 1.44. The van der Waals surface area contributed by atoms with Crippen molar-refractivity contribution in [3.8, 4) is 5.75 Å². The Hall–Kier alpha value is -1.35. The highest BCUT2D eigenvalue weighted by Gasteiger charge is 2.04. The predicted molar refractivity (Wildman–Crippen MR) is 51.0 cm³/mol. The van der Waals surface area contributed by atoms with E-state index in [1.807, 2.05) is 0 Å². The molecule has 0 aliphatic carbocycles. The molecule has 0 amide bonds. The number of rotatable bonds is 3. The number of nitrogens with two attached hydrogens (primary N) is 1. The molecule has 13 heavy (non-hydrogen) atoms. The van der Waals surface area contributed by atoms with Crippen LogP contribution in [-0.4, -0.2) is 13.7 Å². The summed E-state index contributed by atoms with van der Waals surface area (Å²) in [6.07, 6.45) is 3.33. The number of hydrogen-bond donors (Lipinski definition) is 1. The van der Waals surface area contributed by atoms with Crippen molar-refractivity contribution in [1.82, 2.24) is 0 Å². The first-order valence-electron chi connectivity index (χ1n) is 3.98. The standard InChI is InChI=1S/C10H12FNO/c1-13-9-6-2-4-8(10(9)11)5-3-7-12/h2-6H,7,12H2,1H3/b5-3+. The molecule has 0 fully saturated rings. The van der Waals surface area contributed by atoms with Gasteiger partial charge in [-0.1, -0.05) is 24.3 Å². The minimum Gasteiger partial charge on any atom is -0.494 e. The molecule has 1 rings (SSSR count). The first kappa shape index (κ1) is 9.74. The number of benzene rings is 1. The van der Waals surface area contributed by atoms with Crippen LogP contribution >= 0.6 is 0 Å². The maximum atomic E-state index is 13.4. The summed E-state index contributed by atoms with van der Waals surface area (Å²) in [5.41, 5.74) is 5.75. The smallest absolute Gasteiger partial charge is 0.172 e. The highest BCUT2D eigenvalue weighted by Crippen LogP contribution is 2.20. The topological polar surface area (TPSA) is 35.2 Å². The SMILES string of the molecule is COc1cccc(/C=C/CN)c1F. The molecular formula is C10H12FNO. The Morgan fingerprint density at radius 3 is 2.92 bits per heavy atom. The van der Waals surface area contributed by atoms with Crippen LogP contribution in [0.2, 0.25) is 0 Å². The number of halogens is 1. The summed E-state index contributed by atoms with van der Waals surface area (Å²) in [6, 6.07) is 4.98. The number of ether oxygens (including phenoxy) is 1. The van der Waals surface area contributed by atoms with Gasteiger partial charge in [-0.25, -0.2) is 4.39 Å². The summed E-state index contributed by atoms with van der Waals surface area (Å²) < 4.78 is 18.2. The molecule has 0 heterocycles. The Bertz CT molecular complexity index is 310. The average molecular weight is 181 g/mol. The normalized spacial score (nSPS) is 10.7. The van der Waals surface area contributed by atoms with Crippen LogP contribution in [0.1, 0.15) is 5.56 Å². The average Bonchev–Trinajstić information content (AvgIpc) is 2.16. The van der Waals surface area contributed by atoms with E-state index in [0.717, 1.165) is 0 Å². The molecule has 2 nitrogen and oxygen atoms in total. The molecule has 0 spiro atoms. The van der Waals surface area contributed by atoms with E-state index in [1.165, 1.54) is 7.11 Å². The molecule has 1 aromatic carbocycles. The van der Waals surface area contributed by atoms with E-state index in [9.17, 15) is 4.39 Å². The van der Waals surface area contributed by atoms with E-state index in [2.05, 4.69) is 0 Å². The third-order valence-corrected chi connectivity index (χ3v) is 1.65. The lowest BCUT2D eigenvalue weighted by Gasteiger charge is -2.03. The van der Waals surface area contributed by atoms with Gasteiger partial charge in [-0.2, -0.15) is 0 Å². The Morgan fingerprint density at radius 2 is 2.31 bits per heavy atom. The second-order valence-corrected chi connectivity index (χ2v) is 2.50. The Kier molecular flexibility index (Phi) is 3.46. The van der Waals surface area contributed by atoms with E-state index < -0.39 is 0 Å². The van der Waals surface area contributed by atoms with E-state index >= 15 is 0 Å². The van der Waals surface area contributed by atoms with Crippen molar-refractivity contribution in [1.29, 1.82) is 0 Å². The molecular weight excluding hydrogens is 169 g/mol. The van der Waals surface area contributed by atoms with Crippen molar-refractivity contribution in [3.05, 3.63) is 35.7 Å². The van der Waals surface area contributed by atoms with Gasteiger partial charge in [0.2, 0.25) is 0 Å². The zero-order valence-corrected chi connectivity index (χ0v) is 7.46. The maximum absolute atomic E-state index is 13.4. The monoisotopic (exact) mass is 181 g/mol. The fraction of sp³-hybridized carbons (Fsp3) is 0.200. The third kappa shape index (κ3) is 2.29. The largest absolute Gasteiger partial charge is 0.494 e. The van der Waals surface area contributed by atoms with Crippen LogP contribution in [0.5, 0.6) is 5.75 Å². The van der Waals surface area contributed by atoms with Gasteiger partial charge in [-0.3, -0.25) is 0 Å². The minimum absolute atomic E-state index is 0.249. The van der Waals surface area contributed by atoms with Crippen molar-refractivity contribution in [3.63, 3.8) is 0 Å². The first-order chi connectivity index (χ1) is 6.29. The van der Waals surface area contributed by atoms with Crippen molar-refractivity contribution in [2.45, 2.75) is 0 Å². The van der Waals surface area contributed by atoms with Gasteiger partial charge in [0.1, 0.15) is 0 Å². The molecule has 70 valence electrons. The van der Waals surface area contributed by atoms with E-state index in [1.54, 1.807) is 30.4 Å². The molecule has 0 unspecified atom stereocenters. The molecule has 0 aliphatic rings. The molecule has 0 atom stereocenters. The summed E-state index contributed by atoms with van der Waals surface area (Å²) in [5, 5.41) is 0. The molecule has 0 saturated carbocycles. The second kappa shape index (κ2) is 4.62. The van der Waals surface area contributed by atoms with Crippen molar-refractivity contribution >= 4 is 6.08 Å². The van der Waals surface area contributed by atoms with Crippen LogP contribution in [0.15, 0.2) is 24.3 Å². The summed E-state index contributed by atoms with van der Waals surface area (Å²) in [5.74, 6) is -0.103. The van der Waals surface area contributed by atoms with Gasteiger partial charge in [-0.15, -0.1) is 0 Å². The lowest BCUT2D eigenvalue weighted by molar-refractivity contribution is 0.386. The predicted octanol–water partition coefficient (Wildman–Crippen LogP) is 1.81. The molecule has 3 heteroatoms. The third-order valence-electron chi connectivity index (χ3n) is 1.65. The molecule has 0 aromatic heterocycles. The van der Waals surface area contributed by atoms with Crippen LogP contribution in [0.4, 0.5) is 4.39 Å². The first-order valence-corrected chi connectivity index (χ1v) is 3.98. The second-order valence-electron chi connectivity index (χ2n) is 2.50. The molecule has 0 bridgehead atoms. The number of methoxy groups -OCH3 is 1. The van der Waals surface area contributed by atoms with Gasteiger partial charge < -0.3 is 10.5 Å². The van der Waals surface area contributed by atoms with Gasteiger partial charge in [-0.05, 0) is 6.07 Å². The highest BCUT2D eigenvalue weighted by molar-refractivity contribution is 5.53. The van der Waals surface area contributed by atoms with Crippen LogP contribution < -0.4 is 10.5 Å². The fourth-order valence-corrected chi connectivity index (χ4v) is 1.01. The van der Waals surface area contributed by atoms with Crippen molar-refractivity contribution < 1.29 is 9.13 Å². The van der Waals surface area contributed by atoms with Gasteiger partial charge >= 0.3 is 0 Å². The summed E-state index contributed by atoms with van der Waals surface area (Å²) in [6.45, 7) is 0.399. The summed E-state index contributed by atoms with van der Waals surface area (Å²) >= 11 is 0. The fourth-order valence-electron chi connectivity index (χ4n) is 1.01. The Balaban J connectivity index is 3.01. The van der Waals surface area contributed by atoms with Crippen molar-refractivity contribution in [2.75, 3.05) is 13.7 Å². The summed E-state index contributed by atoms with van der Waals surface area (Å²) in [4.78, 5) is 0. The number of hydrogen-bond acceptors (Lipinski definition) is 2. The molecule has 0 radical (unpaired) electrons. The van der Waals surface area contributed by atoms with Crippen molar-refractivity contribution in [2.24, 2.45) is 5.73 Å². The van der Waals surface area contributed by atoms with Crippen LogP contribution in [-0.2, 0) is 0 Å². The molecule has 0 saturated heterocycles. The quantitative estimate of drug-likeness (QED) is 0.771. The van der Waals surface area contributed by atoms with Crippen LogP contribution in [0.25, 0.3) is 6.08 Å². The van der Waals surface area contributed by atoms with Crippen LogP contribution in [0, 0.1) is 5.82 Å². The van der Waals surface area contributed by atoms with Gasteiger partial charge in [0.25, 0.3) is 0 Å². The molecule has 1 aromatic rings. The zero-order chi connectivity index (χ0) is 9.68. The lowest BCUT2D eigenvalue weighted by Crippen LogP contribution is -1.93. The Labute approximate surface area is 76.8 Å². The van der Waals surface area contributed by atoms with Gasteiger partial charge in [0, 0.05) is 12.1 Å². The van der Waals surface area contributed by atoms with E-state index in [4.69, 9.17) is 10.5 Å². The van der Waals surface area contributed by atoms with E-state index in [-0.39, 0.29) is 11.6 Å². The molecule has 2 N–H and O–H groups in total. The van der Waals surface area contributed by atoms with Gasteiger partial charge in [0.05, 0.1) is 7.11 Å². The van der Waals surface area contributed by atoms with Gasteiger partial charge in [0.15, 0.2) is 11.6 Å². The zero-order valence-electron chi connectivity index (χ0n) is 7.46.